The molecular weight excluding hydrogens is 432 g/mol. The smallest absolute Gasteiger partial charge is 0.334 e. The van der Waals surface area contributed by atoms with E-state index >= 15 is 0 Å². The Kier molecular flexibility index (Phi) is 8.46. The summed E-state index contributed by atoms with van der Waals surface area (Å²) >= 11 is 0. The van der Waals surface area contributed by atoms with Crippen LogP contribution in [0.15, 0.2) is 12.2 Å². The van der Waals surface area contributed by atoms with Gasteiger partial charge in [-0.05, 0) is 19.8 Å². The average Bonchev–Trinajstić information content (AvgIpc) is 3.00. The highest BCUT2D eigenvalue weighted by Crippen LogP contribution is 2.41. The fourth-order valence-electron chi connectivity index (χ4n) is 4.22. The molecule has 2 aliphatic rings. The highest BCUT2D eigenvalue weighted by atomic mass is 16.6. The summed E-state index contributed by atoms with van der Waals surface area (Å²) in [6.07, 6.45) is -5.11. The van der Waals surface area contributed by atoms with Gasteiger partial charge < -0.3 is 24.4 Å². The van der Waals surface area contributed by atoms with Crippen LogP contribution in [0.1, 0.15) is 60.8 Å². The maximum Gasteiger partial charge on any atom is 0.334 e. The molecule has 8 atom stereocenters. The van der Waals surface area contributed by atoms with E-state index in [4.69, 9.17) is 14.2 Å². The van der Waals surface area contributed by atoms with E-state index in [-0.39, 0.29) is 18.4 Å². The fraction of sp³-hybridized carbons (Fsp3) is 0.750. The van der Waals surface area contributed by atoms with Gasteiger partial charge in [0.15, 0.2) is 24.1 Å². The van der Waals surface area contributed by atoms with E-state index in [1.807, 2.05) is 0 Å². The molecule has 0 aromatic heterocycles. The van der Waals surface area contributed by atoms with Crippen LogP contribution in [-0.2, 0) is 33.4 Å². The van der Waals surface area contributed by atoms with Gasteiger partial charge in [-0.25, -0.2) is 4.79 Å². The molecule has 186 valence electrons. The van der Waals surface area contributed by atoms with Gasteiger partial charge in [0.2, 0.25) is 0 Å². The number of aliphatic hydroxyl groups is 2. The van der Waals surface area contributed by atoms with Crippen molar-refractivity contribution in [1.82, 2.24) is 0 Å². The van der Waals surface area contributed by atoms with Crippen molar-refractivity contribution in [3.8, 4) is 0 Å². The molecule has 9 nitrogen and oxygen atoms in total. The molecule has 1 saturated heterocycles. The van der Waals surface area contributed by atoms with Crippen LogP contribution >= 0.6 is 0 Å². The summed E-state index contributed by atoms with van der Waals surface area (Å²) in [5, 5.41) is 21.8. The second kappa shape index (κ2) is 10.3. The van der Waals surface area contributed by atoms with Crippen molar-refractivity contribution in [3.63, 3.8) is 0 Å². The zero-order chi connectivity index (χ0) is 25.2. The van der Waals surface area contributed by atoms with E-state index in [2.05, 4.69) is 6.58 Å². The van der Waals surface area contributed by atoms with Gasteiger partial charge in [0.05, 0.1) is 23.9 Å². The predicted octanol–water partition coefficient (Wildman–Crippen LogP) is 1.72. The van der Waals surface area contributed by atoms with Crippen molar-refractivity contribution in [2.45, 2.75) is 90.8 Å². The molecule has 1 heterocycles. The third-order valence-electron chi connectivity index (χ3n) is 6.51. The summed E-state index contributed by atoms with van der Waals surface area (Å²) in [6, 6.07) is 0. The number of rotatable bonds is 5. The van der Waals surface area contributed by atoms with E-state index in [1.165, 1.54) is 6.92 Å². The van der Waals surface area contributed by atoms with E-state index in [9.17, 15) is 29.4 Å². The number of hydrogen-bond acceptors (Lipinski definition) is 9. The monoisotopic (exact) mass is 468 g/mol. The molecular formula is C24H36O9. The molecule has 0 radical (unpaired) electrons. The Morgan fingerprint density at radius 1 is 1.21 bits per heavy atom. The average molecular weight is 469 g/mol. The van der Waals surface area contributed by atoms with Gasteiger partial charge in [0.1, 0.15) is 5.60 Å². The van der Waals surface area contributed by atoms with Gasteiger partial charge in [-0.15, -0.1) is 0 Å². The second-order valence-corrected chi connectivity index (χ2v) is 9.85. The molecule has 1 saturated carbocycles. The summed E-state index contributed by atoms with van der Waals surface area (Å²) in [5.41, 5.74) is -1.92. The first-order valence-electron chi connectivity index (χ1n) is 11.5. The lowest BCUT2D eigenvalue weighted by molar-refractivity contribution is -0.199. The third kappa shape index (κ3) is 5.81. The van der Waals surface area contributed by atoms with Gasteiger partial charge in [0, 0.05) is 17.9 Å². The van der Waals surface area contributed by atoms with Crippen LogP contribution in [0.25, 0.3) is 0 Å². The van der Waals surface area contributed by atoms with Crippen molar-refractivity contribution >= 4 is 23.7 Å². The zero-order valence-electron chi connectivity index (χ0n) is 20.2. The number of Topliss-reactive ketones (excluding diaryl/α,β-unsaturated/α-hetero) is 1. The first kappa shape index (κ1) is 27.0. The first-order chi connectivity index (χ1) is 15.2. The maximum absolute atomic E-state index is 13.4. The maximum atomic E-state index is 13.4. The normalized spacial score (nSPS) is 36.1. The molecule has 2 fully saturated rings. The molecule has 1 aliphatic heterocycles. The number of ether oxygens (including phenoxy) is 3. The topological polar surface area (TPSA) is 136 Å². The van der Waals surface area contributed by atoms with E-state index in [1.54, 1.807) is 34.6 Å². The van der Waals surface area contributed by atoms with E-state index in [0.29, 0.717) is 6.42 Å². The number of esters is 3. The molecule has 33 heavy (non-hydrogen) atoms. The fourth-order valence-corrected chi connectivity index (χ4v) is 4.22. The Bertz CT molecular complexity index is 800. The Morgan fingerprint density at radius 3 is 2.36 bits per heavy atom. The van der Waals surface area contributed by atoms with Crippen LogP contribution in [0.5, 0.6) is 0 Å². The number of aliphatic hydroxyl groups excluding tert-OH is 1. The number of ketones is 1. The molecule has 2 N–H and O–H groups in total. The minimum atomic E-state index is -1.82. The predicted molar refractivity (Wildman–Crippen MR) is 117 cm³/mol. The van der Waals surface area contributed by atoms with Crippen molar-refractivity contribution in [2.75, 3.05) is 0 Å². The van der Waals surface area contributed by atoms with Crippen LogP contribution in [0.4, 0.5) is 0 Å². The van der Waals surface area contributed by atoms with Crippen LogP contribution < -0.4 is 0 Å². The summed E-state index contributed by atoms with van der Waals surface area (Å²) in [4.78, 5) is 51.1. The van der Waals surface area contributed by atoms with Gasteiger partial charge >= 0.3 is 17.9 Å². The Balaban J connectivity index is 2.62. The second-order valence-electron chi connectivity index (χ2n) is 9.85. The van der Waals surface area contributed by atoms with E-state index in [0.717, 1.165) is 0 Å². The summed E-state index contributed by atoms with van der Waals surface area (Å²) in [5.74, 6) is -5.60. The quantitative estimate of drug-likeness (QED) is 0.351. The summed E-state index contributed by atoms with van der Waals surface area (Å²) in [7, 11) is 0. The molecule has 0 aromatic rings. The zero-order valence-corrected chi connectivity index (χ0v) is 20.2. The van der Waals surface area contributed by atoms with Crippen LogP contribution in [-0.4, -0.2) is 63.9 Å². The molecule has 0 aromatic carbocycles. The van der Waals surface area contributed by atoms with Crippen molar-refractivity contribution in [3.05, 3.63) is 12.2 Å². The third-order valence-corrected chi connectivity index (χ3v) is 6.51. The highest BCUT2D eigenvalue weighted by molar-refractivity contribution is 5.95. The van der Waals surface area contributed by atoms with Crippen molar-refractivity contribution in [2.24, 2.45) is 23.7 Å². The van der Waals surface area contributed by atoms with Crippen LogP contribution in [0, 0.1) is 23.7 Å². The SMILES string of the molecule is C=C1C(=O)O[C@@H]2[C@@H]1[C@H](OC(=O)[C@H](C)CC)C(=O)[C@@H](C)C[C@H](O)C[C@@](C)(O)[C@H]2OC(=O)C(C)C. The molecule has 0 bridgehead atoms. The summed E-state index contributed by atoms with van der Waals surface area (Å²) in [6.45, 7) is 13.4. The Hall–Kier alpha value is -2.26. The van der Waals surface area contributed by atoms with Crippen LogP contribution in [0.2, 0.25) is 0 Å². The van der Waals surface area contributed by atoms with Gasteiger partial charge in [-0.3, -0.25) is 14.4 Å². The lowest BCUT2D eigenvalue weighted by Gasteiger charge is -2.41. The molecule has 9 heteroatoms. The molecule has 0 unspecified atom stereocenters. The number of carbonyl (C=O) groups is 4. The van der Waals surface area contributed by atoms with E-state index < -0.39 is 77.4 Å². The minimum Gasteiger partial charge on any atom is -0.455 e. The first-order valence-corrected chi connectivity index (χ1v) is 11.5. The molecule has 1 aliphatic carbocycles. The standard InChI is InChI=1S/C24H36O9/c1-8-12(4)22(28)31-18-16-14(6)23(29)32-19(16)20(33-21(27)11(2)3)24(7,30)10-15(25)9-13(5)17(18)26/h11-13,15-16,18-20,25,30H,6,8-10H2,1-5,7H3/t12-,13+,15+,16+,18+,19-,20+,24-/m1/s1. The van der Waals surface area contributed by atoms with Crippen molar-refractivity contribution < 1.29 is 43.6 Å². The van der Waals surface area contributed by atoms with Gasteiger partial charge in [-0.2, -0.15) is 0 Å². The summed E-state index contributed by atoms with van der Waals surface area (Å²) < 4.78 is 16.6. The van der Waals surface area contributed by atoms with Crippen molar-refractivity contribution in [1.29, 1.82) is 0 Å². The highest BCUT2D eigenvalue weighted by Gasteiger charge is 2.57. The number of carbonyl (C=O) groups excluding carboxylic acids is 4. The van der Waals surface area contributed by atoms with Crippen LogP contribution in [0.3, 0.4) is 0 Å². The van der Waals surface area contributed by atoms with Gasteiger partial charge in [-0.1, -0.05) is 41.2 Å². The minimum absolute atomic E-state index is 0.0180. The molecule has 2 rings (SSSR count). The Labute approximate surface area is 194 Å². The number of fused-ring (bicyclic) bond motifs is 1. The lowest BCUT2D eigenvalue weighted by Crippen LogP contribution is -2.57. The molecule has 0 amide bonds. The Morgan fingerprint density at radius 2 is 1.82 bits per heavy atom. The molecule has 0 spiro atoms. The number of hydrogen-bond donors (Lipinski definition) is 2. The van der Waals surface area contributed by atoms with Gasteiger partial charge in [0.25, 0.3) is 0 Å². The largest absolute Gasteiger partial charge is 0.455 e. The lowest BCUT2D eigenvalue weighted by atomic mass is 9.75.